The molecule has 2 aliphatic rings. The van der Waals surface area contributed by atoms with E-state index in [2.05, 4.69) is 35.2 Å². The molecule has 3 rings (SSSR count). The fourth-order valence-electron chi connectivity index (χ4n) is 4.56. The number of amides is 1. The van der Waals surface area contributed by atoms with Gasteiger partial charge in [-0.2, -0.15) is 0 Å². The molecule has 0 radical (unpaired) electrons. The Labute approximate surface area is 163 Å². The van der Waals surface area contributed by atoms with Crippen LogP contribution in [0.2, 0.25) is 0 Å². The largest absolute Gasteiger partial charge is 0.395 e. The summed E-state index contributed by atoms with van der Waals surface area (Å²) < 4.78 is 0. The third-order valence-electron chi connectivity index (χ3n) is 5.85. The molecule has 0 bridgehead atoms. The lowest BCUT2D eigenvalue weighted by atomic mass is 9.74. The van der Waals surface area contributed by atoms with E-state index >= 15 is 0 Å². The van der Waals surface area contributed by atoms with Crippen LogP contribution in [-0.4, -0.2) is 84.7 Å². The molecule has 0 aliphatic carbocycles. The zero-order valence-corrected chi connectivity index (χ0v) is 16.8. The zero-order chi connectivity index (χ0) is 19.4. The molecular weight excluding hydrogens is 338 g/mol. The maximum Gasteiger partial charge on any atom is 0.236 e. The molecule has 5 heteroatoms. The Bertz CT molecular complexity index is 656. The summed E-state index contributed by atoms with van der Waals surface area (Å²) in [4.78, 5) is 19.1. The quantitative estimate of drug-likeness (QED) is 0.860. The van der Waals surface area contributed by atoms with E-state index < -0.39 is 0 Å². The Morgan fingerprint density at radius 1 is 1.22 bits per heavy atom. The minimum atomic E-state index is 0.159. The van der Waals surface area contributed by atoms with Crippen LogP contribution in [0.4, 0.5) is 0 Å². The average Bonchev–Trinajstić information content (AvgIpc) is 2.61. The molecule has 5 nitrogen and oxygen atoms in total. The van der Waals surface area contributed by atoms with Gasteiger partial charge in [0.15, 0.2) is 0 Å². The van der Waals surface area contributed by atoms with Gasteiger partial charge in [-0.25, -0.2) is 0 Å². The number of fused-ring (bicyclic) bond motifs is 1. The summed E-state index contributed by atoms with van der Waals surface area (Å²) in [5.41, 5.74) is 2.46. The van der Waals surface area contributed by atoms with Crippen LogP contribution in [0.25, 0.3) is 6.08 Å². The van der Waals surface area contributed by atoms with Crippen LogP contribution in [0.3, 0.4) is 0 Å². The Kier molecular flexibility index (Phi) is 6.68. The number of aliphatic hydroxyl groups is 1. The molecular formula is C22H33N3O2. The van der Waals surface area contributed by atoms with Crippen LogP contribution in [0, 0.1) is 0 Å². The second kappa shape index (κ2) is 9.00. The molecule has 0 saturated carbocycles. The van der Waals surface area contributed by atoms with E-state index in [0.29, 0.717) is 12.6 Å². The van der Waals surface area contributed by atoms with Crippen molar-refractivity contribution in [3.05, 3.63) is 41.5 Å². The maximum atomic E-state index is 12.7. The van der Waals surface area contributed by atoms with Crippen molar-refractivity contribution in [3.8, 4) is 0 Å². The molecule has 2 aliphatic heterocycles. The summed E-state index contributed by atoms with van der Waals surface area (Å²) in [6.45, 7) is 5.26. The van der Waals surface area contributed by atoms with Gasteiger partial charge in [-0.05, 0) is 51.5 Å². The fraction of sp³-hybridized carbons (Fsp3) is 0.591. The molecule has 148 valence electrons. The molecule has 0 spiro atoms. The van der Waals surface area contributed by atoms with Gasteiger partial charge in [0.2, 0.25) is 5.91 Å². The second-order valence-corrected chi connectivity index (χ2v) is 8.03. The summed E-state index contributed by atoms with van der Waals surface area (Å²) in [5.74, 6) is 0.485. The summed E-state index contributed by atoms with van der Waals surface area (Å²) in [7, 11) is 3.88. The van der Waals surface area contributed by atoms with Gasteiger partial charge < -0.3 is 14.9 Å². The smallest absolute Gasteiger partial charge is 0.236 e. The lowest BCUT2D eigenvalue weighted by Gasteiger charge is -2.57. The molecule has 0 aromatic heterocycles. The van der Waals surface area contributed by atoms with Gasteiger partial charge in [0, 0.05) is 31.1 Å². The first-order valence-electron chi connectivity index (χ1n) is 10.1. The van der Waals surface area contributed by atoms with Gasteiger partial charge in [-0.3, -0.25) is 9.69 Å². The maximum absolute atomic E-state index is 12.7. The topological polar surface area (TPSA) is 47.0 Å². The van der Waals surface area contributed by atoms with Crippen molar-refractivity contribution in [1.82, 2.24) is 14.7 Å². The lowest BCUT2D eigenvalue weighted by molar-refractivity contribution is -0.137. The molecule has 27 heavy (non-hydrogen) atoms. The molecule has 0 unspecified atom stereocenters. The monoisotopic (exact) mass is 371 g/mol. The molecule has 1 N–H and O–H groups in total. The van der Waals surface area contributed by atoms with Crippen molar-refractivity contribution in [2.24, 2.45) is 0 Å². The summed E-state index contributed by atoms with van der Waals surface area (Å²) in [5, 5.41) is 10.0. The molecule has 1 aromatic rings. The Morgan fingerprint density at radius 2 is 1.93 bits per heavy atom. The SMILES string of the molecule is C/C=C/c1ccc([C@@H]2[C@H](CO)N3CCCCN(C(=O)CN(C)C)C[C@@H]23)cc1. The predicted molar refractivity (Wildman–Crippen MR) is 110 cm³/mol. The van der Waals surface area contributed by atoms with E-state index in [-0.39, 0.29) is 24.5 Å². The van der Waals surface area contributed by atoms with Crippen molar-refractivity contribution in [1.29, 1.82) is 0 Å². The Morgan fingerprint density at radius 3 is 2.56 bits per heavy atom. The highest BCUT2D eigenvalue weighted by Gasteiger charge is 2.49. The number of hydrogen-bond acceptors (Lipinski definition) is 4. The number of likely N-dealkylation sites (N-methyl/N-ethyl adjacent to an activating group) is 1. The van der Waals surface area contributed by atoms with Crippen LogP contribution in [-0.2, 0) is 4.79 Å². The average molecular weight is 372 g/mol. The van der Waals surface area contributed by atoms with E-state index in [1.54, 1.807) is 0 Å². The number of benzene rings is 1. The first kappa shape index (κ1) is 20.1. The van der Waals surface area contributed by atoms with Crippen LogP contribution < -0.4 is 0 Å². The molecule has 1 aromatic carbocycles. The van der Waals surface area contributed by atoms with Crippen LogP contribution in [0.5, 0.6) is 0 Å². The van der Waals surface area contributed by atoms with Crippen molar-refractivity contribution < 1.29 is 9.90 Å². The minimum absolute atomic E-state index is 0.159. The van der Waals surface area contributed by atoms with Gasteiger partial charge in [-0.1, -0.05) is 36.4 Å². The first-order chi connectivity index (χ1) is 13.0. The summed E-state index contributed by atoms with van der Waals surface area (Å²) in [6, 6.07) is 9.11. The molecule has 2 heterocycles. The van der Waals surface area contributed by atoms with Crippen molar-refractivity contribution in [3.63, 3.8) is 0 Å². The van der Waals surface area contributed by atoms with Crippen LogP contribution in [0.15, 0.2) is 30.3 Å². The van der Waals surface area contributed by atoms with E-state index in [4.69, 9.17) is 0 Å². The highest BCUT2D eigenvalue weighted by atomic mass is 16.3. The number of carbonyl (C=O) groups is 1. The lowest BCUT2D eigenvalue weighted by Crippen LogP contribution is -2.68. The standard InChI is InChI=1S/C22H33N3O2/c1-4-7-17-8-10-18(11-9-17)22-19-14-24(21(27)15-23(2)3)12-5-6-13-25(19)20(22)16-26/h4,7-11,19-20,22,26H,5-6,12-16H2,1-3H3/b7-4+/t19-,20-,22-/m0/s1. The van der Waals surface area contributed by atoms with Crippen molar-refractivity contribution >= 4 is 12.0 Å². The predicted octanol–water partition coefficient (Wildman–Crippen LogP) is 2.03. The van der Waals surface area contributed by atoms with E-state index in [1.165, 1.54) is 11.1 Å². The van der Waals surface area contributed by atoms with Gasteiger partial charge in [0.1, 0.15) is 0 Å². The number of rotatable bonds is 5. The summed E-state index contributed by atoms with van der Waals surface area (Å²) >= 11 is 0. The number of aliphatic hydroxyl groups excluding tert-OH is 1. The number of hydrogen-bond donors (Lipinski definition) is 1. The van der Waals surface area contributed by atoms with Gasteiger partial charge in [0.05, 0.1) is 13.2 Å². The molecule has 2 saturated heterocycles. The third-order valence-corrected chi connectivity index (χ3v) is 5.85. The Hall–Kier alpha value is -1.69. The van der Waals surface area contributed by atoms with Gasteiger partial charge in [-0.15, -0.1) is 0 Å². The van der Waals surface area contributed by atoms with E-state index in [0.717, 1.165) is 32.5 Å². The number of carbonyl (C=O) groups excluding carboxylic acids is 1. The van der Waals surface area contributed by atoms with Gasteiger partial charge >= 0.3 is 0 Å². The van der Waals surface area contributed by atoms with Crippen molar-refractivity contribution in [2.75, 3.05) is 46.9 Å². The van der Waals surface area contributed by atoms with E-state index in [9.17, 15) is 9.90 Å². The normalized spacial score (nSPS) is 26.6. The third kappa shape index (κ3) is 4.42. The highest BCUT2D eigenvalue weighted by Crippen LogP contribution is 2.42. The summed E-state index contributed by atoms with van der Waals surface area (Å²) in [6.07, 6.45) is 6.24. The Balaban J connectivity index is 1.80. The second-order valence-electron chi connectivity index (χ2n) is 8.03. The van der Waals surface area contributed by atoms with Crippen LogP contribution in [0.1, 0.15) is 36.8 Å². The van der Waals surface area contributed by atoms with Gasteiger partial charge in [0.25, 0.3) is 0 Å². The van der Waals surface area contributed by atoms with E-state index in [1.807, 2.05) is 36.9 Å². The first-order valence-corrected chi connectivity index (χ1v) is 10.1. The number of nitrogens with zero attached hydrogens (tertiary/aromatic N) is 3. The van der Waals surface area contributed by atoms with Crippen molar-refractivity contribution in [2.45, 2.75) is 37.8 Å². The molecule has 1 amide bonds. The minimum Gasteiger partial charge on any atom is -0.395 e. The fourth-order valence-corrected chi connectivity index (χ4v) is 4.56. The molecule has 3 atom stereocenters. The zero-order valence-electron chi connectivity index (χ0n) is 16.8. The van der Waals surface area contributed by atoms with Crippen LogP contribution >= 0.6 is 0 Å². The highest BCUT2D eigenvalue weighted by molar-refractivity contribution is 5.78. The number of allylic oxidation sites excluding steroid dienone is 1. The molecule has 2 fully saturated rings.